The van der Waals surface area contributed by atoms with E-state index in [0.29, 0.717) is 0 Å². The largest absolute Gasteiger partial charge is 0.316 e. The zero-order valence-corrected chi connectivity index (χ0v) is 13.7. The van der Waals surface area contributed by atoms with E-state index in [1.165, 1.54) is 27.1 Å². The molecule has 20 heavy (non-hydrogen) atoms. The van der Waals surface area contributed by atoms with Gasteiger partial charge >= 0.3 is 0 Å². The van der Waals surface area contributed by atoms with Crippen LogP contribution in [0.5, 0.6) is 0 Å². The summed E-state index contributed by atoms with van der Waals surface area (Å²) in [5.41, 5.74) is 5.30. The summed E-state index contributed by atoms with van der Waals surface area (Å²) in [6.45, 7) is 5.16. The topological polar surface area (TPSA) is 12.0 Å². The van der Waals surface area contributed by atoms with Crippen molar-refractivity contribution >= 4 is 23.4 Å². The standard InChI is InChI=1S/C17H20ClNS/c1-12-6-13(2)8-14(7-12)11-20-17-9-16(18)5-4-15(17)10-19-3/h4-9,19H,10-11H2,1-3H3. The predicted molar refractivity (Wildman–Crippen MR) is 89.7 cm³/mol. The maximum atomic E-state index is 6.12. The van der Waals surface area contributed by atoms with Gasteiger partial charge in [0.15, 0.2) is 0 Å². The molecule has 0 atom stereocenters. The van der Waals surface area contributed by atoms with Gasteiger partial charge in [-0.2, -0.15) is 0 Å². The maximum Gasteiger partial charge on any atom is 0.0417 e. The molecule has 1 N–H and O–H groups in total. The molecule has 0 aliphatic carbocycles. The molecular weight excluding hydrogens is 286 g/mol. The van der Waals surface area contributed by atoms with Gasteiger partial charge in [0.2, 0.25) is 0 Å². The van der Waals surface area contributed by atoms with E-state index in [2.05, 4.69) is 49.5 Å². The molecule has 0 heterocycles. The minimum absolute atomic E-state index is 0.799. The Labute approximate surface area is 130 Å². The van der Waals surface area contributed by atoms with Crippen LogP contribution in [0, 0.1) is 13.8 Å². The Kier molecular flexibility index (Phi) is 5.53. The van der Waals surface area contributed by atoms with Crippen LogP contribution in [0.15, 0.2) is 41.3 Å². The highest BCUT2D eigenvalue weighted by Gasteiger charge is 2.05. The van der Waals surface area contributed by atoms with Crippen molar-refractivity contribution in [1.29, 1.82) is 0 Å². The van der Waals surface area contributed by atoms with Crippen molar-refractivity contribution in [3.63, 3.8) is 0 Å². The number of nitrogens with one attached hydrogen (secondary N) is 1. The van der Waals surface area contributed by atoms with E-state index in [4.69, 9.17) is 11.6 Å². The van der Waals surface area contributed by atoms with Gasteiger partial charge in [0.1, 0.15) is 0 Å². The Bertz CT molecular complexity index is 575. The van der Waals surface area contributed by atoms with Gasteiger partial charge in [-0.15, -0.1) is 11.8 Å². The van der Waals surface area contributed by atoms with E-state index in [1.54, 1.807) is 0 Å². The van der Waals surface area contributed by atoms with Crippen LogP contribution in [0.25, 0.3) is 0 Å². The number of benzene rings is 2. The first-order chi connectivity index (χ1) is 9.58. The molecule has 0 aromatic heterocycles. The lowest BCUT2D eigenvalue weighted by atomic mass is 10.1. The SMILES string of the molecule is CNCc1ccc(Cl)cc1SCc1cc(C)cc(C)c1. The fourth-order valence-electron chi connectivity index (χ4n) is 2.31. The maximum absolute atomic E-state index is 6.12. The fourth-order valence-corrected chi connectivity index (χ4v) is 3.57. The Morgan fingerprint density at radius 3 is 2.40 bits per heavy atom. The van der Waals surface area contributed by atoms with Crippen molar-refractivity contribution in [1.82, 2.24) is 5.32 Å². The second-order valence-corrected chi connectivity index (χ2v) is 6.52. The molecule has 0 aliphatic rings. The zero-order valence-electron chi connectivity index (χ0n) is 12.2. The van der Waals surface area contributed by atoms with Gasteiger partial charge in [-0.25, -0.2) is 0 Å². The average molecular weight is 306 g/mol. The highest BCUT2D eigenvalue weighted by atomic mass is 35.5. The summed E-state index contributed by atoms with van der Waals surface area (Å²) in [5, 5.41) is 4.00. The molecule has 0 aliphatic heterocycles. The minimum Gasteiger partial charge on any atom is -0.316 e. The molecule has 0 amide bonds. The molecule has 2 rings (SSSR count). The van der Waals surface area contributed by atoms with Crippen LogP contribution in [0.3, 0.4) is 0 Å². The third-order valence-corrected chi connectivity index (χ3v) is 4.48. The van der Waals surface area contributed by atoms with Crippen LogP contribution in [-0.2, 0) is 12.3 Å². The van der Waals surface area contributed by atoms with Crippen LogP contribution in [-0.4, -0.2) is 7.05 Å². The van der Waals surface area contributed by atoms with Crippen LogP contribution >= 0.6 is 23.4 Å². The van der Waals surface area contributed by atoms with Crippen LogP contribution in [0.4, 0.5) is 0 Å². The number of hydrogen-bond acceptors (Lipinski definition) is 2. The van der Waals surface area contributed by atoms with Crippen molar-refractivity contribution in [3.8, 4) is 0 Å². The molecule has 2 aromatic carbocycles. The second-order valence-electron chi connectivity index (χ2n) is 5.07. The number of rotatable bonds is 5. The molecule has 0 spiro atoms. The molecule has 0 fully saturated rings. The van der Waals surface area contributed by atoms with Gasteiger partial charge in [-0.3, -0.25) is 0 Å². The normalized spacial score (nSPS) is 10.8. The van der Waals surface area contributed by atoms with Gasteiger partial charge in [0.25, 0.3) is 0 Å². The van der Waals surface area contributed by atoms with E-state index >= 15 is 0 Å². The summed E-state index contributed by atoms with van der Waals surface area (Å²) in [5.74, 6) is 0.972. The first-order valence-electron chi connectivity index (χ1n) is 6.71. The third kappa shape index (κ3) is 4.27. The lowest BCUT2D eigenvalue weighted by Crippen LogP contribution is -2.06. The summed E-state index contributed by atoms with van der Waals surface area (Å²) in [7, 11) is 1.97. The molecule has 0 unspecified atom stereocenters. The highest BCUT2D eigenvalue weighted by molar-refractivity contribution is 7.98. The van der Waals surface area contributed by atoms with E-state index < -0.39 is 0 Å². The van der Waals surface area contributed by atoms with E-state index in [-0.39, 0.29) is 0 Å². The quantitative estimate of drug-likeness (QED) is 0.783. The number of thioether (sulfide) groups is 1. The van der Waals surface area contributed by atoms with Crippen LogP contribution in [0.1, 0.15) is 22.3 Å². The summed E-state index contributed by atoms with van der Waals surface area (Å²) in [6.07, 6.45) is 0. The summed E-state index contributed by atoms with van der Waals surface area (Å²) >= 11 is 7.96. The zero-order chi connectivity index (χ0) is 14.5. The monoisotopic (exact) mass is 305 g/mol. The molecule has 2 aromatic rings. The Morgan fingerprint density at radius 2 is 1.75 bits per heavy atom. The lowest BCUT2D eigenvalue weighted by molar-refractivity contribution is 0.803. The van der Waals surface area contributed by atoms with Crippen molar-refractivity contribution in [2.24, 2.45) is 0 Å². The molecule has 106 valence electrons. The van der Waals surface area contributed by atoms with Gasteiger partial charge < -0.3 is 5.32 Å². The van der Waals surface area contributed by atoms with Crippen LogP contribution in [0.2, 0.25) is 5.02 Å². The molecular formula is C17H20ClNS. The van der Waals surface area contributed by atoms with Crippen molar-refractivity contribution in [3.05, 3.63) is 63.7 Å². The van der Waals surface area contributed by atoms with Crippen LogP contribution < -0.4 is 5.32 Å². The minimum atomic E-state index is 0.799. The molecule has 3 heteroatoms. The lowest BCUT2D eigenvalue weighted by Gasteiger charge is -2.10. The average Bonchev–Trinajstić information content (AvgIpc) is 2.38. The molecule has 1 nitrogen and oxygen atoms in total. The summed E-state index contributed by atoms with van der Waals surface area (Å²) in [4.78, 5) is 1.26. The van der Waals surface area contributed by atoms with E-state index in [0.717, 1.165) is 17.3 Å². The van der Waals surface area contributed by atoms with E-state index in [1.807, 2.05) is 24.9 Å². The second kappa shape index (κ2) is 7.16. The number of halogens is 1. The van der Waals surface area contributed by atoms with E-state index in [9.17, 15) is 0 Å². The van der Waals surface area contributed by atoms with Crippen molar-refractivity contribution in [2.75, 3.05) is 7.05 Å². The van der Waals surface area contributed by atoms with Crippen molar-refractivity contribution < 1.29 is 0 Å². The van der Waals surface area contributed by atoms with Gasteiger partial charge in [0, 0.05) is 22.2 Å². The van der Waals surface area contributed by atoms with Gasteiger partial charge in [-0.05, 0) is 44.2 Å². The first kappa shape index (κ1) is 15.4. The molecule has 0 bridgehead atoms. The van der Waals surface area contributed by atoms with Crippen molar-refractivity contribution in [2.45, 2.75) is 31.0 Å². The Morgan fingerprint density at radius 1 is 1.05 bits per heavy atom. The predicted octanol–water partition coefficient (Wildman–Crippen LogP) is 4.97. The van der Waals surface area contributed by atoms with Gasteiger partial charge in [0.05, 0.1) is 0 Å². The Hall–Kier alpha value is -0.960. The molecule has 0 radical (unpaired) electrons. The third-order valence-electron chi connectivity index (χ3n) is 3.07. The van der Waals surface area contributed by atoms with Gasteiger partial charge in [-0.1, -0.05) is 47.0 Å². The molecule has 0 saturated carbocycles. The fraction of sp³-hybridized carbons (Fsp3) is 0.294. The number of hydrogen-bond donors (Lipinski definition) is 1. The summed E-state index contributed by atoms with van der Waals surface area (Å²) < 4.78 is 0. The summed E-state index contributed by atoms with van der Waals surface area (Å²) in [6, 6.07) is 12.8. The first-order valence-corrected chi connectivity index (χ1v) is 8.08. The Balaban J connectivity index is 2.15. The number of aryl methyl sites for hydroxylation is 2. The smallest absolute Gasteiger partial charge is 0.0417 e. The molecule has 0 saturated heterocycles. The highest BCUT2D eigenvalue weighted by Crippen LogP contribution is 2.29.